The van der Waals surface area contributed by atoms with Gasteiger partial charge in [-0.3, -0.25) is 9.52 Å². The van der Waals surface area contributed by atoms with E-state index in [2.05, 4.69) is 5.32 Å². The van der Waals surface area contributed by atoms with Crippen molar-refractivity contribution in [3.05, 3.63) is 65.7 Å². The zero-order valence-electron chi connectivity index (χ0n) is 17.9. The summed E-state index contributed by atoms with van der Waals surface area (Å²) in [6, 6.07) is 6.89. The number of carbonyl (C=O) groups excluding carboxylic acids is 2. The van der Waals surface area contributed by atoms with Crippen molar-refractivity contribution < 1.29 is 35.2 Å². The van der Waals surface area contributed by atoms with Crippen molar-refractivity contribution in [3.8, 4) is 0 Å². The highest BCUT2D eigenvalue weighted by molar-refractivity contribution is 7.89. The molecule has 1 heterocycles. The minimum absolute atomic E-state index is 0.0165. The minimum Gasteiger partial charge on any atom is -0.325 e. The van der Waals surface area contributed by atoms with E-state index in [-0.39, 0.29) is 30.8 Å². The van der Waals surface area contributed by atoms with E-state index in [0.29, 0.717) is 5.56 Å². The van der Waals surface area contributed by atoms with Crippen molar-refractivity contribution in [1.29, 1.82) is 0 Å². The molecule has 1 aliphatic rings. The van der Waals surface area contributed by atoms with Crippen LogP contribution in [-0.4, -0.2) is 63.6 Å². The summed E-state index contributed by atoms with van der Waals surface area (Å²) in [7, 11) is -8.25. The molecule has 2 aromatic carbocycles. The fraction of sp³-hybridized carbons (Fsp3) is 0.300. The lowest BCUT2D eigenvalue weighted by Crippen LogP contribution is -2.56. The van der Waals surface area contributed by atoms with Crippen molar-refractivity contribution >= 4 is 32.0 Å². The van der Waals surface area contributed by atoms with Crippen molar-refractivity contribution in [2.75, 3.05) is 19.3 Å². The molecule has 0 spiro atoms. The maximum atomic E-state index is 13.6. The van der Waals surface area contributed by atoms with Gasteiger partial charge in [0.15, 0.2) is 0 Å². The molecule has 34 heavy (non-hydrogen) atoms. The van der Waals surface area contributed by atoms with Gasteiger partial charge in [0.1, 0.15) is 17.7 Å². The maximum Gasteiger partial charge on any atom is 0.333 e. The van der Waals surface area contributed by atoms with Gasteiger partial charge >= 0.3 is 6.03 Å². The van der Waals surface area contributed by atoms with Crippen LogP contribution in [0.1, 0.15) is 12.0 Å². The zero-order chi connectivity index (χ0) is 25.1. The van der Waals surface area contributed by atoms with Crippen LogP contribution in [0, 0.1) is 11.6 Å². The number of nitrogens with zero attached hydrogens (tertiary/aromatic N) is 2. The van der Waals surface area contributed by atoms with Crippen LogP contribution >= 0.6 is 0 Å². The van der Waals surface area contributed by atoms with Crippen LogP contribution in [0.4, 0.5) is 13.6 Å². The summed E-state index contributed by atoms with van der Waals surface area (Å²) < 4.78 is 78.3. The van der Waals surface area contributed by atoms with Crippen molar-refractivity contribution in [2.24, 2.45) is 0 Å². The Hall–Kier alpha value is -3.10. The third kappa shape index (κ3) is 6.27. The topological polar surface area (TPSA) is 133 Å². The van der Waals surface area contributed by atoms with Gasteiger partial charge in [0, 0.05) is 19.5 Å². The van der Waals surface area contributed by atoms with Gasteiger partial charge in [-0.05, 0) is 42.3 Å². The first-order valence-electron chi connectivity index (χ1n) is 9.99. The Labute approximate surface area is 195 Å². The molecule has 1 atom stereocenters. The van der Waals surface area contributed by atoms with Crippen molar-refractivity contribution in [2.45, 2.75) is 23.8 Å². The zero-order valence-corrected chi connectivity index (χ0v) is 19.6. The van der Waals surface area contributed by atoms with E-state index in [1.165, 1.54) is 24.3 Å². The average Bonchev–Trinajstić information content (AvgIpc) is 3.24. The van der Waals surface area contributed by atoms with Crippen LogP contribution in [0.15, 0.2) is 53.4 Å². The normalized spacial score (nSPS) is 15.7. The molecule has 0 saturated carbocycles. The molecule has 10 nitrogen and oxygen atoms in total. The molecule has 0 aliphatic carbocycles. The molecule has 0 bridgehead atoms. The second-order valence-electron chi connectivity index (χ2n) is 7.56. The number of hydrazine groups is 1. The van der Waals surface area contributed by atoms with Crippen LogP contribution in [-0.2, 0) is 31.3 Å². The van der Waals surface area contributed by atoms with E-state index in [1.807, 2.05) is 0 Å². The van der Waals surface area contributed by atoms with E-state index in [9.17, 15) is 35.2 Å². The van der Waals surface area contributed by atoms with E-state index in [0.717, 1.165) is 39.9 Å². The second kappa shape index (κ2) is 10.0. The van der Waals surface area contributed by atoms with Gasteiger partial charge in [-0.15, -0.1) is 4.41 Å². The van der Waals surface area contributed by atoms with Crippen LogP contribution in [0.2, 0.25) is 0 Å². The number of halogens is 2. The molecule has 1 saturated heterocycles. The van der Waals surface area contributed by atoms with E-state index >= 15 is 0 Å². The molecule has 184 valence electrons. The molecular formula is C20H22F2N4O6S2. The van der Waals surface area contributed by atoms with Crippen molar-refractivity contribution in [1.82, 2.24) is 19.5 Å². The largest absolute Gasteiger partial charge is 0.333 e. The smallest absolute Gasteiger partial charge is 0.325 e. The lowest BCUT2D eigenvalue weighted by Gasteiger charge is -2.29. The molecule has 1 aliphatic heterocycles. The quantitative estimate of drug-likeness (QED) is 0.564. The van der Waals surface area contributed by atoms with Gasteiger partial charge in [-0.1, -0.05) is 18.2 Å². The summed E-state index contributed by atoms with van der Waals surface area (Å²) in [5, 5.41) is 3.20. The van der Waals surface area contributed by atoms with Crippen LogP contribution in [0.5, 0.6) is 0 Å². The Morgan fingerprint density at radius 3 is 2.29 bits per heavy atom. The number of benzene rings is 2. The summed E-state index contributed by atoms with van der Waals surface area (Å²) in [5.74, 6) is -2.35. The summed E-state index contributed by atoms with van der Waals surface area (Å²) in [4.78, 5) is 25.2. The van der Waals surface area contributed by atoms with Gasteiger partial charge in [0.05, 0.1) is 11.2 Å². The molecule has 0 aromatic heterocycles. The summed E-state index contributed by atoms with van der Waals surface area (Å²) in [6.45, 7) is -0.0816. The van der Waals surface area contributed by atoms with Gasteiger partial charge in [0.2, 0.25) is 10.0 Å². The van der Waals surface area contributed by atoms with Gasteiger partial charge < -0.3 is 5.32 Å². The Morgan fingerprint density at radius 2 is 1.68 bits per heavy atom. The highest BCUT2D eigenvalue weighted by Crippen LogP contribution is 2.23. The number of hydrogen-bond acceptors (Lipinski definition) is 6. The van der Waals surface area contributed by atoms with Crippen LogP contribution < -0.4 is 10.0 Å². The number of amides is 3. The molecule has 3 amide bonds. The first-order chi connectivity index (χ1) is 15.9. The average molecular weight is 517 g/mol. The molecule has 2 N–H and O–H groups in total. The van der Waals surface area contributed by atoms with Crippen molar-refractivity contribution in [3.63, 3.8) is 0 Å². The summed E-state index contributed by atoms with van der Waals surface area (Å²) in [5.41, 5.74) is 0.418. The highest BCUT2D eigenvalue weighted by Gasteiger charge is 2.38. The minimum atomic E-state index is -4.28. The van der Waals surface area contributed by atoms with Gasteiger partial charge in [0.25, 0.3) is 15.9 Å². The SMILES string of the molecule is CS(=O)(=O)NC(=O)C(Cc1ccc(F)cc1)NC(=O)N1CCCN1S(=O)(=O)c1cccc(F)c1. The fourth-order valence-corrected chi connectivity index (χ4v) is 5.38. The standard InChI is InChI=1S/C20H22F2N4O6S2/c1-33(29,30)24-19(27)18(12-14-6-8-15(21)9-7-14)23-20(28)25-10-3-11-26(25)34(31,32)17-5-2-4-16(22)13-17/h2,4-9,13,18H,3,10-12H2,1H3,(H,23,28)(H,24,27). The fourth-order valence-electron chi connectivity index (χ4n) is 3.33. The molecule has 2 aromatic rings. The summed E-state index contributed by atoms with van der Waals surface area (Å²) >= 11 is 0. The molecule has 1 fully saturated rings. The Bertz CT molecular complexity index is 1290. The number of sulfonamides is 2. The molecule has 3 rings (SSSR count). The third-order valence-corrected chi connectivity index (χ3v) is 7.20. The highest BCUT2D eigenvalue weighted by atomic mass is 32.2. The first kappa shape index (κ1) is 25.5. The van der Waals surface area contributed by atoms with Gasteiger partial charge in [-0.25, -0.2) is 35.4 Å². The van der Waals surface area contributed by atoms with Gasteiger partial charge in [-0.2, -0.15) is 0 Å². The molecule has 1 unspecified atom stereocenters. The predicted molar refractivity (Wildman–Crippen MR) is 117 cm³/mol. The molecular weight excluding hydrogens is 494 g/mol. The first-order valence-corrected chi connectivity index (χ1v) is 13.3. The van der Waals surface area contributed by atoms with E-state index in [1.54, 1.807) is 4.72 Å². The summed E-state index contributed by atoms with van der Waals surface area (Å²) in [6.07, 6.45) is 0.841. The number of nitrogens with one attached hydrogen (secondary N) is 2. The van der Waals surface area contributed by atoms with Crippen LogP contribution in [0.25, 0.3) is 0 Å². The van der Waals surface area contributed by atoms with E-state index in [4.69, 9.17) is 0 Å². The predicted octanol–water partition coefficient (Wildman–Crippen LogP) is 0.973. The van der Waals surface area contributed by atoms with E-state index < -0.39 is 49.7 Å². The Balaban J connectivity index is 1.84. The number of rotatable bonds is 7. The number of carbonyl (C=O) groups is 2. The monoisotopic (exact) mass is 516 g/mol. The Kier molecular flexibility index (Phi) is 7.53. The number of urea groups is 1. The third-order valence-electron chi connectivity index (χ3n) is 4.85. The molecule has 0 radical (unpaired) electrons. The molecule has 14 heteroatoms. The lowest BCUT2D eigenvalue weighted by atomic mass is 10.1. The number of hydrogen-bond donors (Lipinski definition) is 2. The Morgan fingerprint density at radius 1 is 1.00 bits per heavy atom. The second-order valence-corrected chi connectivity index (χ2v) is 11.1. The lowest BCUT2D eigenvalue weighted by molar-refractivity contribution is -0.121. The maximum absolute atomic E-state index is 13.6. The van der Waals surface area contributed by atoms with Crippen LogP contribution in [0.3, 0.4) is 0 Å².